The molecule has 2 fully saturated rings. The summed E-state index contributed by atoms with van der Waals surface area (Å²) in [4.78, 5) is 16.7. The standard InChI is InChI=1S/C14H27N3O2/c1-4-15-13(14(18)19-3)10-17-8-7-11-5-6-12(9-17)16(11)2/h11-13,15H,4-10H2,1-3H3. The average molecular weight is 269 g/mol. The van der Waals surface area contributed by atoms with Crippen molar-refractivity contribution in [1.82, 2.24) is 15.1 Å². The first kappa shape index (κ1) is 14.8. The van der Waals surface area contributed by atoms with Gasteiger partial charge in [0.1, 0.15) is 6.04 Å². The smallest absolute Gasteiger partial charge is 0.324 e. The van der Waals surface area contributed by atoms with Crippen LogP contribution in [0.25, 0.3) is 0 Å². The highest BCUT2D eigenvalue weighted by Crippen LogP contribution is 2.28. The van der Waals surface area contributed by atoms with Crippen LogP contribution in [0.2, 0.25) is 0 Å². The summed E-state index contributed by atoms with van der Waals surface area (Å²) in [5.41, 5.74) is 0. The van der Waals surface area contributed by atoms with Gasteiger partial charge in [-0.15, -0.1) is 0 Å². The van der Waals surface area contributed by atoms with Crippen LogP contribution in [0.15, 0.2) is 0 Å². The predicted octanol–water partition coefficient (Wildman–Crippen LogP) is 0.306. The normalized spacial score (nSPS) is 30.1. The molecule has 2 bridgehead atoms. The number of hydrogen-bond acceptors (Lipinski definition) is 5. The molecule has 5 nitrogen and oxygen atoms in total. The molecule has 19 heavy (non-hydrogen) atoms. The molecule has 0 aromatic rings. The summed E-state index contributed by atoms with van der Waals surface area (Å²) >= 11 is 0. The van der Waals surface area contributed by atoms with Crippen LogP contribution in [0, 0.1) is 0 Å². The van der Waals surface area contributed by atoms with Gasteiger partial charge in [-0.2, -0.15) is 0 Å². The summed E-state index contributed by atoms with van der Waals surface area (Å²) in [6, 6.07) is 1.20. The van der Waals surface area contributed by atoms with Crippen LogP contribution >= 0.6 is 0 Å². The van der Waals surface area contributed by atoms with Crippen LogP contribution in [-0.2, 0) is 9.53 Å². The molecule has 2 saturated heterocycles. The largest absolute Gasteiger partial charge is 0.468 e. The lowest BCUT2D eigenvalue weighted by atomic mass is 10.1. The zero-order chi connectivity index (χ0) is 13.8. The number of nitrogens with zero attached hydrogens (tertiary/aromatic N) is 2. The number of likely N-dealkylation sites (tertiary alicyclic amines) is 1. The molecule has 2 aliphatic rings. The Balaban J connectivity index is 1.92. The summed E-state index contributed by atoms with van der Waals surface area (Å²) in [6.07, 6.45) is 3.84. The quantitative estimate of drug-likeness (QED) is 0.728. The van der Waals surface area contributed by atoms with E-state index in [9.17, 15) is 4.79 Å². The number of nitrogens with one attached hydrogen (secondary N) is 1. The van der Waals surface area contributed by atoms with Gasteiger partial charge in [0.05, 0.1) is 7.11 Å². The minimum absolute atomic E-state index is 0.149. The maximum absolute atomic E-state index is 11.8. The topological polar surface area (TPSA) is 44.8 Å². The molecular weight excluding hydrogens is 242 g/mol. The van der Waals surface area contributed by atoms with Crippen LogP contribution in [-0.4, -0.2) is 74.2 Å². The number of methoxy groups -OCH3 is 1. The summed E-state index contributed by atoms with van der Waals surface area (Å²) in [7, 11) is 3.71. The lowest BCUT2D eigenvalue weighted by Gasteiger charge is -2.28. The van der Waals surface area contributed by atoms with E-state index in [0.717, 1.165) is 32.2 Å². The molecule has 2 rings (SSSR count). The van der Waals surface area contributed by atoms with E-state index in [2.05, 4.69) is 22.2 Å². The number of ether oxygens (including phenoxy) is 1. The summed E-state index contributed by atoms with van der Waals surface area (Å²) in [5.74, 6) is -0.149. The average Bonchev–Trinajstić information content (AvgIpc) is 2.65. The van der Waals surface area contributed by atoms with Crippen molar-refractivity contribution in [3.8, 4) is 0 Å². The molecule has 2 heterocycles. The van der Waals surface area contributed by atoms with Crippen LogP contribution in [0.3, 0.4) is 0 Å². The Morgan fingerprint density at radius 1 is 1.37 bits per heavy atom. The molecule has 1 N–H and O–H groups in total. The molecule has 0 amide bonds. The van der Waals surface area contributed by atoms with E-state index in [1.54, 1.807) is 0 Å². The number of hydrogen-bond donors (Lipinski definition) is 1. The Kier molecular flexibility index (Phi) is 5.19. The van der Waals surface area contributed by atoms with Gasteiger partial charge in [-0.3, -0.25) is 14.6 Å². The van der Waals surface area contributed by atoms with Crippen molar-refractivity contribution in [3.63, 3.8) is 0 Å². The maximum atomic E-state index is 11.8. The van der Waals surface area contributed by atoms with Crippen LogP contribution in [0.1, 0.15) is 26.2 Å². The van der Waals surface area contributed by atoms with Gasteiger partial charge < -0.3 is 10.1 Å². The highest BCUT2D eigenvalue weighted by atomic mass is 16.5. The SMILES string of the molecule is CCNC(CN1CCC2CCC(C1)N2C)C(=O)OC. The summed E-state index contributed by atoms with van der Waals surface area (Å²) in [6.45, 7) is 5.74. The Bertz CT molecular complexity index is 311. The zero-order valence-electron chi connectivity index (χ0n) is 12.4. The minimum atomic E-state index is -0.197. The fraction of sp³-hybridized carbons (Fsp3) is 0.929. The molecule has 3 unspecified atom stereocenters. The molecule has 3 atom stereocenters. The van der Waals surface area contributed by atoms with E-state index in [0.29, 0.717) is 6.04 Å². The second-order valence-electron chi connectivity index (χ2n) is 5.73. The van der Waals surface area contributed by atoms with Gasteiger partial charge in [-0.1, -0.05) is 6.92 Å². The van der Waals surface area contributed by atoms with Crippen molar-refractivity contribution in [1.29, 1.82) is 0 Å². The molecule has 0 aromatic carbocycles. The first-order valence-corrected chi connectivity index (χ1v) is 7.41. The highest BCUT2D eigenvalue weighted by molar-refractivity contribution is 5.75. The molecule has 0 saturated carbocycles. The third-order valence-corrected chi connectivity index (χ3v) is 4.61. The van der Waals surface area contributed by atoms with E-state index < -0.39 is 0 Å². The van der Waals surface area contributed by atoms with Crippen molar-refractivity contribution in [3.05, 3.63) is 0 Å². The minimum Gasteiger partial charge on any atom is -0.468 e. The van der Waals surface area contributed by atoms with Gasteiger partial charge in [0.2, 0.25) is 0 Å². The van der Waals surface area contributed by atoms with Gasteiger partial charge >= 0.3 is 5.97 Å². The van der Waals surface area contributed by atoms with Crippen LogP contribution in [0.5, 0.6) is 0 Å². The lowest BCUT2D eigenvalue weighted by Crippen LogP contribution is -2.48. The van der Waals surface area contributed by atoms with Crippen molar-refractivity contribution in [2.24, 2.45) is 0 Å². The Hall–Kier alpha value is -0.650. The number of carbonyl (C=O) groups excluding carboxylic acids is 1. The molecule has 0 spiro atoms. The zero-order valence-corrected chi connectivity index (χ0v) is 12.4. The second-order valence-corrected chi connectivity index (χ2v) is 5.73. The van der Waals surface area contributed by atoms with E-state index in [1.165, 1.54) is 26.4 Å². The Labute approximate surface area is 116 Å². The number of rotatable bonds is 5. The van der Waals surface area contributed by atoms with Gasteiger partial charge in [0.15, 0.2) is 0 Å². The number of fused-ring (bicyclic) bond motifs is 2. The number of carbonyl (C=O) groups is 1. The molecular formula is C14H27N3O2. The van der Waals surface area contributed by atoms with Gasteiger partial charge in [0, 0.05) is 25.2 Å². The predicted molar refractivity (Wildman–Crippen MR) is 75.1 cm³/mol. The molecule has 0 radical (unpaired) electrons. The summed E-state index contributed by atoms with van der Waals surface area (Å²) < 4.78 is 4.88. The number of esters is 1. The fourth-order valence-corrected chi connectivity index (χ4v) is 3.41. The van der Waals surface area contributed by atoms with Crippen molar-refractivity contribution in [2.75, 3.05) is 40.3 Å². The molecule has 0 aliphatic carbocycles. The summed E-state index contributed by atoms with van der Waals surface area (Å²) in [5, 5.41) is 3.23. The first-order valence-electron chi connectivity index (χ1n) is 7.41. The Morgan fingerprint density at radius 3 is 2.79 bits per heavy atom. The van der Waals surface area contributed by atoms with Gasteiger partial charge in [-0.25, -0.2) is 0 Å². The van der Waals surface area contributed by atoms with Crippen molar-refractivity contribution < 1.29 is 9.53 Å². The van der Waals surface area contributed by atoms with E-state index in [1.807, 2.05) is 6.92 Å². The third-order valence-electron chi connectivity index (χ3n) is 4.61. The maximum Gasteiger partial charge on any atom is 0.324 e. The molecule has 2 aliphatic heterocycles. The lowest BCUT2D eigenvalue weighted by molar-refractivity contribution is -0.143. The molecule has 110 valence electrons. The highest BCUT2D eigenvalue weighted by Gasteiger charge is 2.35. The second kappa shape index (κ2) is 6.68. The van der Waals surface area contributed by atoms with Crippen LogP contribution < -0.4 is 5.32 Å². The van der Waals surface area contributed by atoms with Crippen molar-refractivity contribution >= 4 is 5.97 Å². The molecule has 0 aromatic heterocycles. The number of likely N-dealkylation sites (N-methyl/N-ethyl adjacent to an activating group) is 2. The molecule has 5 heteroatoms. The monoisotopic (exact) mass is 269 g/mol. The fourth-order valence-electron chi connectivity index (χ4n) is 3.41. The van der Waals surface area contributed by atoms with Gasteiger partial charge in [0.25, 0.3) is 0 Å². The van der Waals surface area contributed by atoms with Crippen LogP contribution in [0.4, 0.5) is 0 Å². The van der Waals surface area contributed by atoms with Crippen molar-refractivity contribution in [2.45, 2.75) is 44.3 Å². The van der Waals surface area contributed by atoms with Gasteiger partial charge in [-0.05, 0) is 39.4 Å². The van der Waals surface area contributed by atoms with E-state index >= 15 is 0 Å². The van der Waals surface area contributed by atoms with E-state index in [4.69, 9.17) is 4.74 Å². The Morgan fingerprint density at radius 2 is 2.11 bits per heavy atom. The van der Waals surface area contributed by atoms with E-state index in [-0.39, 0.29) is 12.0 Å². The third kappa shape index (κ3) is 3.46. The first-order chi connectivity index (χ1) is 9.15.